The zero-order valence-corrected chi connectivity index (χ0v) is 7.43. The third-order valence-corrected chi connectivity index (χ3v) is 2.18. The number of rotatable bonds is 2. The van der Waals surface area contributed by atoms with Crippen molar-refractivity contribution in [3.05, 3.63) is 0 Å². The number of carbonyl (C=O) groups is 1. The summed E-state index contributed by atoms with van der Waals surface area (Å²) in [6.45, 7) is 0. The van der Waals surface area contributed by atoms with Gasteiger partial charge < -0.3 is 10.1 Å². The normalized spacial score (nSPS) is 30.4. The molecule has 2 unspecified atom stereocenters. The Labute approximate surface area is 71.9 Å². The Bertz CT molecular complexity index is 151. The maximum atomic E-state index is 10.5. The maximum Gasteiger partial charge on any atom is 0.364 e. The zero-order chi connectivity index (χ0) is 8.27. The number of thiol groups is 1. The van der Waals surface area contributed by atoms with Crippen LogP contribution in [0.4, 0.5) is 4.79 Å². The van der Waals surface area contributed by atoms with Crippen molar-refractivity contribution >= 4 is 17.9 Å². The van der Waals surface area contributed by atoms with Gasteiger partial charge in [-0.1, -0.05) is 12.6 Å². The number of hydrogen-bond donors (Lipinski definition) is 2. The summed E-state index contributed by atoms with van der Waals surface area (Å²) in [7, 11) is 1.88. The first-order chi connectivity index (χ1) is 5.24. The van der Waals surface area contributed by atoms with Crippen molar-refractivity contribution in [2.45, 2.75) is 31.4 Å². The van der Waals surface area contributed by atoms with Gasteiger partial charge in [0.15, 0.2) is 0 Å². The minimum atomic E-state index is -0.475. The molecule has 2 atom stereocenters. The smallest absolute Gasteiger partial charge is 0.364 e. The average Bonchev–Trinajstić information content (AvgIpc) is 2.34. The van der Waals surface area contributed by atoms with Gasteiger partial charge >= 0.3 is 5.30 Å². The van der Waals surface area contributed by atoms with Crippen LogP contribution in [0.5, 0.6) is 0 Å². The fourth-order valence-corrected chi connectivity index (χ4v) is 1.66. The van der Waals surface area contributed by atoms with Crippen LogP contribution in [0.3, 0.4) is 0 Å². The zero-order valence-electron chi connectivity index (χ0n) is 6.54. The summed E-state index contributed by atoms with van der Waals surface area (Å²) in [5, 5.41) is 2.63. The van der Waals surface area contributed by atoms with Gasteiger partial charge in [0, 0.05) is 6.04 Å². The molecule has 0 aromatic rings. The van der Waals surface area contributed by atoms with Gasteiger partial charge in [-0.15, -0.1) is 0 Å². The van der Waals surface area contributed by atoms with E-state index in [4.69, 9.17) is 4.74 Å². The summed E-state index contributed by atoms with van der Waals surface area (Å²) >= 11 is 3.56. The summed E-state index contributed by atoms with van der Waals surface area (Å²) in [6, 6.07) is 0.325. The van der Waals surface area contributed by atoms with E-state index >= 15 is 0 Å². The monoisotopic (exact) mass is 175 g/mol. The highest BCUT2D eigenvalue weighted by atomic mass is 32.1. The third kappa shape index (κ3) is 2.38. The lowest BCUT2D eigenvalue weighted by molar-refractivity contribution is 0.111. The van der Waals surface area contributed by atoms with Gasteiger partial charge in [0.1, 0.15) is 6.10 Å². The molecule has 0 aliphatic heterocycles. The van der Waals surface area contributed by atoms with E-state index in [-0.39, 0.29) is 6.10 Å². The molecule has 1 saturated carbocycles. The molecule has 1 aliphatic carbocycles. The summed E-state index contributed by atoms with van der Waals surface area (Å²) in [5.41, 5.74) is 0. The van der Waals surface area contributed by atoms with Crippen molar-refractivity contribution < 1.29 is 9.53 Å². The van der Waals surface area contributed by atoms with Crippen molar-refractivity contribution in [1.82, 2.24) is 5.32 Å². The molecule has 0 aromatic heterocycles. The molecule has 0 aromatic carbocycles. The molecule has 1 fully saturated rings. The molecular formula is C7H13NO2S. The van der Waals surface area contributed by atoms with Crippen LogP contribution in [0.15, 0.2) is 0 Å². The van der Waals surface area contributed by atoms with Crippen LogP contribution >= 0.6 is 12.6 Å². The molecule has 4 heteroatoms. The van der Waals surface area contributed by atoms with Gasteiger partial charge in [-0.3, -0.25) is 0 Å². The number of carbonyl (C=O) groups excluding carboxylic acids is 1. The second kappa shape index (κ2) is 3.97. The maximum absolute atomic E-state index is 10.5. The summed E-state index contributed by atoms with van der Waals surface area (Å²) in [6.07, 6.45) is 3.20. The molecule has 0 amide bonds. The summed E-state index contributed by atoms with van der Waals surface area (Å²) in [4.78, 5) is 10.5. The van der Waals surface area contributed by atoms with Crippen molar-refractivity contribution in [3.8, 4) is 0 Å². The SMILES string of the molecule is CNC1CCCC1OC(=O)S. The van der Waals surface area contributed by atoms with Crippen LogP contribution in [-0.2, 0) is 4.74 Å². The summed E-state index contributed by atoms with van der Waals surface area (Å²) < 4.78 is 4.98. The number of nitrogens with one attached hydrogen (secondary N) is 1. The molecule has 3 nitrogen and oxygen atoms in total. The number of ether oxygens (including phenoxy) is 1. The van der Waals surface area contributed by atoms with Gasteiger partial charge in [-0.25, -0.2) is 4.79 Å². The van der Waals surface area contributed by atoms with Crippen LogP contribution in [0.25, 0.3) is 0 Å². The topological polar surface area (TPSA) is 38.3 Å². The van der Waals surface area contributed by atoms with E-state index in [1.165, 1.54) is 0 Å². The standard InChI is InChI=1S/C7H13NO2S/c1-8-5-3-2-4-6(5)10-7(9)11/h5-6,8H,2-4H2,1H3,(H,9,11). The van der Waals surface area contributed by atoms with Crippen LogP contribution in [0, 0.1) is 0 Å². The van der Waals surface area contributed by atoms with Crippen molar-refractivity contribution in [2.24, 2.45) is 0 Å². The second-order valence-electron chi connectivity index (χ2n) is 2.75. The lowest BCUT2D eigenvalue weighted by atomic mass is 10.2. The molecule has 0 spiro atoms. The molecule has 1 aliphatic rings. The van der Waals surface area contributed by atoms with E-state index in [1.807, 2.05) is 7.05 Å². The van der Waals surface area contributed by atoms with E-state index in [2.05, 4.69) is 17.9 Å². The Morgan fingerprint density at radius 3 is 2.91 bits per heavy atom. The summed E-state index contributed by atoms with van der Waals surface area (Å²) in [5.74, 6) is 0. The average molecular weight is 175 g/mol. The largest absolute Gasteiger partial charge is 0.453 e. The van der Waals surface area contributed by atoms with Gasteiger partial charge in [-0.05, 0) is 26.3 Å². The molecule has 1 rings (SSSR count). The van der Waals surface area contributed by atoms with Crippen LogP contribution < -0.4 is 5.32 Å². The highest BCUT2D eigenvalue weighted by Crippen LogP contribution is 2.22. The number of hydrogen-bond acceptors (Lipinski definition) is 3. The Kier molecular flexibility index (Phi) is 3.20. The molecular weight excluding hydrogens is 162 g/mol. The van der Waals surface area contributed by atoms with Crippen molar-refractivity contribution in [1.29, 1.82) is 0 Å². The molecule has 64 valence electrons. The van der Waals surface area contributed by atoms with Crippen LogP contribution in [0.2, 0.25) is 0 Å². The van der Waals surface area contributed by atoms with Crippen LogP contribution in [-0.4, -0.2) is 24.5 Å². The minimum absolute atomic E-state index is 0.0324. The minimum Gasteiger partial charge on any atom is -0.453 e. The first-order valence-corrected chi connectivity index (χ1v) is 4.25. The Morgan fingerprint density at radius 2 is 2.36 bits per heavy atom. The fourth-order valence-electron chi connectivity index (χ4n) is 1.53. The highest BCUT2D eigenvalue weighted by molar-refractivity contribution is 7.96. The van der Waals surface area contributed by atoms with Gasteiger partial charge in [0.25, 0.3) is 0 Å². The predicted molar refractivity (Wildman–Crippen MR) is 46.0 cm³/mol. The number of likely N-dealkylation sites (N-methyl/N-ethyl adjacent to an activating group) is 1. The molecule has 1 N–H and O–H groups in total. The Hall–Kier alpha value is -0.220. The van der Waals surface area contributed by atoms with E-state index in [1.54, 1.807) is 0 Å². The van der Waals surface area contributed by atoms with Crippen LogP contribution in [0.1, 0.15) is 19.3 Å². The second-order valence-corrected chi connectivity index (χ2v) is 3.11. The lowest BCUT2D eigenvalue weighted by Gasteiger charge is -2.17. The van der Waals surface area contributed by atoms with E-state index < -0.39 is 5.30 Å². The molecule has 0 radical (unpaired) electrons. The van der Waals surface area contributed by atoms with Gasteiger partial charge in [0.05, 0.1) is 0 Å². The molecule has 0 bridgehead atoms. The quantitative estimate of drug-likeness (QED) is 0.489. The molecule has 0 saturated heterocycles. The van der Waals surface area contributed by atoms with Crippen molar-refractivity contribution in [3.63, 3.8) is 0 Å². The van der Waals surface area contributed by atoms with E-state index in [0.29, 0.717) is 6.04 Å². The fraction of sp³-hybridized carbons (Fsp3) is 0.857. The first kappa shape index (κ1) is 8.87. The lowest BCUT2D eigenvalue weighted by Crippen LogP contribution is -2.35. The third-order valence-electron chi connectivity index (χ3n) is 2.08. The molecule has 11 heavy (non-hydrogen) atoms. The van der Waals surface area contributed by atoms with E-state index in [0.717, 1.165) is 19.3 Å². The van der Waals surface area contributed by atoms with E-state index in [9.17, 15) is 4.79 Å². The predicted octanol–water partition coefficient (Wildman–Crippen LogP) is 1.19. The highest BCUT2D eigenvalue weighted by Gasteiger charge is 2.28. The Balaban J connectivity index is 2.37. The van der Waals surface area contributed by atoms with Gasteiger partial charge in [-0.2, -0.15) is 0 Å². The molecule has 0 heterocycles. The Morgan fingerprint density at radius 1 is 1.64 bits per heavy atom. The first-order valence-electron chi connectivity index (χ1n) is 3.81. The van der Waals surface area contributed by atoms with Gasteiger partial charge in [0.2, 0.25) is 0 Å². The van der Waals surface area contributed by atoms with Crippen molar-refractivity contribution in [2.75, 3.05) is 7.05 Å².